The predicted octanol–water partition coefficient (Wildman–Crippen LogP) is 1.94. The largest absolute Gasteiger partial charge is 0.355 e. The Bertz CT molecular complexity index is 1090. The minimum atomic E-state index is -0.567. The van der Waals surface area contributed by atoms with Gasteiger partial charge >= 0.3 is 5.69 Å². The number of carbonyl (C=O) groups is 1. The third kappa shape index (κ3) is 3.20. The summed E-state index contributed by atoms with van der Waals surface area (Å²) in [6.07, 6.45) is 3.61. The van der Waals surface area contributed by atoms with Gasteiger partial charge in [-0.2, -0.15) is 0 Å². The molecule has 2 N–H and O–H groups in total. The summed E-state index contributed by atoms with van der Waals surface area (Å²) in [7, 11) is 0. The Labute approximate surface area is 155 Å². The van der Waals surface area contributed by atoms with E-state index in [1.165, 1.54) is 0 Å². The van der Waals surface area contributed by atoms with Crippen LogP contribution in [0.2, 0.25) is 0 Å². The van der Waals surface area contributed by atoms with Gasteiger partial charge in [-0.1, -0.05) is 37.3 Å². The summed E-state index contributed by atoms with van der Waals surface area (Å²) in [5.74, 6) is 0.413. The topological polar surface area (TPSA) is 91.0 Å². The first-order chi connectivity index (χ1) is 13.0. The van der Waals surface area contributed by atoms with E-state index in [1.807, 2.05) is 30.3 Å². The number of aromatic nitrogens is 3. The number of fused-ring (bicyclic) bond motifs is 1. The van der Waals surface area contributed by atoms with Crippen LogP contribution in [0.25, 0.3) is 22.2 Å². The monoisotopic (exact) mass is 366 g/mol. The summed E-state index contributed by atoms with van der Waals surface area (Å²) in [5, 5.41) is 0. The van der Waals surface area contributed by atoms with E-state index in [0.717, 1.165) is 28.5 Å². The molecule has 0 aliphatic carbocycles. The van der Waals surface area contributed by atoms with Crippen molar-refractivity contribution in [2.24, 2.45) is 5.92 Å². The highest BCUT2D eigenvalue weighted by atomic mass is 16.2. The van der Waals surface area contributed by atoms with E-state index in [-0.39, 0.29) is 12.5 Å². The van der Waals surface area contributed by atoms with Gasteiger partial charge in [-0.25, -0.2) is 9.36 Å². The molecule has 0 unspecified atom stereocenters. The zero-order valence-corrected chi connectivity index (χ0v) is 15.2. The molecule has 27 heavy (non-hydrogen) atoms. The third-order valence-electron chi connectivity index (χ3n) is 5.33. The van der Waals surface area contributed by atoms with E-state index >= 15 is 0 Å². The number of aromatic amines is 2. The third-order valence-corrected chi connectivity index (χ3v) is 5.33. The second-order valence-electron chi connectivity index (χ2n) is 7.20. The number of nitrogens with one attached hydrogen (secondary N) is 2. The molecule has 0 radical (unpaired) electrons. The quantitative estimate of drug-likeness (QED) is 0.742. The highest BCUT2D eigenvalue weighted by Crippen LogP contribution is 2.24. The number of hydrogen-bond acceptors (Lipinski definition) is 3. The fourth-order valence-corrected chi connectivity index (χ4v) is 3.61. The van der Waals surface area contributed by atoms with E-state index < -0.39 is 11.2 Å². The molecule has 1 fully saturated rings. The molecule has 4 rings (SSSR count). The number of benzene rings is 1. The normalized spacial score (nSPS) is 15.4. The molecule has 7 nitrogen and oxygen atoms in total. The Balaban J connectivity index is 1.68. The maximum atomic E-state index is 12.8. The highest BCUT2D eigenvalue weighted by molar-refractivity contribution is 5.91. The SMILES string of the molecule is CC1CCN(C(=O)Cn2c(=O)[nH]c3c(-c4ccccc4)c[nH]c3c2=O)CC1. The van der Waals surface area contributed by atoms with Gasteiger partial charge in [0, 0.05) is 24.8 Å². The summed E-state index contributed by atoms with van der Waals surface area (Å²) < 4.78 is 0.980. The lowest BCUT2D eigenvalue weighted by Gasteiger charge is -2.30. The van der Waals surface area contributed by atoms with Crippen molar-refractivity contribution in [3.63, 3.8) is 0 Å². The van der Waals surface area contributed by atoms with E-state index in [9.17, 15) is 14.4 Å². The molecule has 140 valence electrons. The van der Waals surface area contributed by atoms with Gasteiger partial charge in [-0.3, -0.25) is 9.59 Å². The van der Waals surface area contributed by atoms with Crippen LogP contribution >= 0.6 is 0 Å². The Morgan fingerprint density at radius 2 is 1.81 bits per heavy atom. The molecule has 1 aliphatic heterocycles. The molecule has 0 bridgehead atoms. The molecule has 1 amide bonds. The second kappa shape index (κ2) is 6.90. The van der Waals surface area contributed by atoms with Crippen LogP contribution in [0.1, 0.15) is 19.8 Å². The molecule has 2 aromatic heterocycles. The van der Waals surface area contributed by atoms with E-state index in [2.05, 4.69) is 16.9 Å². The maximum Gasteiger partial charge on any atom is 0.329 e. The van der Waals surface area contributed by atoms with E-state index in [0.29, 0.717) is 30.0 Å². The van der Waals surface area contributed by atoms with Crippen molar-refractivity contribution in [2.75, 3.05) is 13.1 Å². The number of carbonyl (C=O) groups excluding carboxylic acids is 1. The molecule has 1 saturated heterocycles. The van der Waals surface area contributed by atoms with E-state index in [1.54, 1.807) is 11.1 Å². The molecule has 3 heterocycles. The van der Waals surface area contributed by atoms with Crippen molar-refractivity contribution in [2.45, 2.75) is 26.3 Å². The fourth-order valence-electron chi connectivity index (χ4n) is 3.61. The molecule has 1 aliphatic rings. The zero-order chi connectivity index (χ0) is 19.0. The molecule has 3 aromatic rings. The van der Waals surface area contributed by atoms with Gasteiger partial charge in [0.25, 0.3) is 5.56 Å². The zero-order valence-electron chi connectivity index (χ0n) is 15.2. The van der Waals surface area contributed by atoms with Gasteiger partial charge in [0.15, 0.2) is 0 Å². The maximum absolute atomic E-state index is 12.8. The minimum absolute atomic E-state index is 0.191. The smallest absolute Gasteiger partial charge is 0.329 e. The van der Waals surface area contributed by atoms with Crippen molar-refractivity contribution in [1.82, 2.24) is 19.4 Å². The van der Waals surface area contributed by atoms with Crippen molar-refractivity contribution < 1.29 is 4.79 Å². The van der Waals surface area contributed by atoms with Gasteiger partial charge in [0.2, 0.25) is 5.91 Å². The molecule has 0 saturated carbocycles. The first-order valence-corrected chi connectivity index (χ1v) is 9.22. The molecule has 7 heteroatoms. The number of likely N-dealkylation sites (tertiary alicyclic amines) is 1. The predicted molar refractivity (Wildman–Crippen MR) is 104 cm³/mol. The lowest BCUT2D eigenvalue weighted by Crippen LogP contribution is -2.44. The molecule has 1 aromatic carbocycles. The summed E-state index contributed by atoms with van der Waals surface area (Å²) in [6, 6.07) is 9.51. The molecule has 0 spiro atoms. The first-order valence-electron chi connectivity index (χ1n) is 9.22. The fraction of sp³-hybridized carbons (Fsp3) is 0.350. The van der Waals surface area contributed by atoms with Crippen LogP contribution < -0.4 is 11.2 Å². The summed E-state index contributed by atoms with van der Waals surface area (Å²) in [4.78, 5) is 45.3. The van der Waals surface area contributed by atoms with Gasteiger partial charge in [-0.05, 0) is 24.3 Å². The van der Waals surface area contributed by atoms with Crippen LogP contribution in [-0.4, -0.2) is 38.4 Å². The number of H-pyrrole nitrogens is 2. The van der Waals surface area contributed by atoms with Crippen molar-refractivity contribution in [1.29, 1.82) is 0 Å². The Kier molecular flexibility index (Phi) is 4.43. The van der Waals surface area contributed by atoms with Crippen LogP contribution in [0, 0.1) is 5.92 Å². The average molecular weight is 366 g/mol. The number of rotatable bonds is 3. The van der Waals surface area contributed by atoms with Crippen LogP contribution in [-0.2, 0) is 11.3 Å². The van der Waals surface area contributed by atoms with Crippen molar-refractivity contribution in [3.05, 3.63) is 57.4 Å². The highest BCUT2D eigenvalue weighted by Gasteiger charge is 2.22. The van der Waals surface area contributed by atoms with Gasteiger partial charge in [0.1, 0.15) is 12.1 Å². The van der Waals surface area contributed by atoms with Gasteiger partial charge in [0.05, 0.1) is 5.52 Å². The van der Waals surface area contributed by atoms with Gasteiger partial charge in [-0.15, -0.1) is 0 Å². The first kappa shape index (κ1) is 17.3. The Morgan fingerprint density at radius 1 is 1.11 bits per heavy atom. The number of hydrogen-bond donors (Lipinski definition) is 2. The van der Waals surface area contributed by atoms with Gasteiger partial charge < -0.3 is 14.9 Å². The molecular weight excluding hydrogens is 344 g/mol. The van der Waals surface area contributed by atoms with E-state index in [4.69, 9.17) is 0 Å². The van der Waals surface area contributed by atoms with Crippen molar-refractivity contribution in [3.8, 4) is 11.1 Å². The summed E-state index contributed by atoms with van der Waals surface area (Å²) in [6.45, 7) is 3.28. The lowest BCUT2D eigenvalue weighted by atomic mass is 9.99. The number of piperidine rings is 1. The summed E-state index contributed by atoms with van der Waals surface area (Å²) >= 11 is 0. The van der Waals surface area contributed by atoms with Crippen molar-refractivity contribution >= 4 is 16.9 Å². The molecule has 0 atom stereocenters. The van der Waals surface area contributed by atoms with Crippen LogP contribution in [0.15, 0.2) is 46.1 Å². The summed E-state index contributed by atoms with van der Waals surface area (Å²) in [5.41, 5.74) is 1.37. The Morgan fingerprint density at radius 3 is 2.52 bits per heavy atom. The minimum Gasteiger partial charge on any atom is -0.355 e. The van der Waals surface area contributed by atoms with Crippen LogP contribution in [0.3, 0.4) is 0 Å². The average Bonchev–Trinajstić information content (AvgIpc) is 3.10. The van der Waals surface area contributed by atoms with Crippen LogP contribution in [0.5, 0.6) is 0 Å². The number of amides is 1. The molecular formula is C20H22N4O3. The standard InChI is InChI=1S/C20H22N4O3/c1-13-7-9-23(10-8-13)16(25)12-24-19(26)18-17(22-20(24)27)15(11-21-18)14-5-3-2-4-6-14/h2-6,11,13,21H,7-10,12H2,1H3,(H,22,27). The second-order valence-corrected chi connectivity index (χ2v) is 7.20. The number of nitrogens with zero attached hydrogens (tertiary/aromatic N) is 2. The Hall–Kier alpha value is -3.09. The lowest BCUT2D eigenvalue weighted by molar-refractivity contribution is -0.133. The van der Waals surface area contributed by atoms with Crippen LogP contribution in [0.4, 0.5) is 0 Å².